The Morgan fingerprint density at radius 2 is 1.90 bits per heavy atom. The van der Waals surface area contributed by atoms with Crippen LogP contribution in [0.2, 0.25) is 0 Å². The monoisotopic (exact) mass is 341 g/mol. The molecule has 1 aromatic rings. The summed E-state index contributed by atoms with van der Waals surface area (Å²) in [4.78, 5) is 25.1. The number of carboxylic acid groups (broad SMARTS) is 1. The van der Waals surface area contributed by atoms with Gasteiger partial charge in [0.25, 0.3) is 5.91 Å². The van der Waals surface area contributed by atoms with Gasteiger partial charge in [-0.1, -0.05) is 22.0 Å². The van der Waals surface area contributed by atoms with Crippen molar-refractivity contribution in [1.29, 1.82) is 0 Å². The van der Waals surface area contributed by atoms with E-state index in [0.717, 1.165) is 10.0 Å². The van der Waals surface area contributed by atoms with Gasteiger partial charge in [-0.2, -0.15) is 0 Å². The fourth-order valence-electron chi connectivity index (χ4n) is 1.92. The van der Waals surface area contributed by atoms with E-state index in [1.54, 1.807) is 11.0 Å². The minimum absolute atomic E-state index is 0.0595. The summed E-state index contributed by atoms with van der Waals surface area (Å²) in [5.41, 5.74) is 1.05. The zero-order valence-corrected chi connectivity index (χ0v) is 13.8. The fraction of sp³-hybridized carbons (Fsp3) is 0.467. The lowest BCUT2D eigenvalue weighted by molar-refractivity contribution is -0.137. The Balaban J connectivity index is 3.10. The highest BCUT2D eigenvalue weighted by molar-refractivity contribution is 9.10. The highest BCUT2D eigenvalue weighted by atomic mass is 79.9. The zero-order valence-electron chi connectivity index (χ0n) is 12.2. The molecular weight excluding hydrogens is 322 g/mol. The van der Waals surface area contributed by atoms with Crippen molar-refractivity contribution in [2.45, 2.75) is 39.7 Å². The third-order valence-electron chi connectivity index (χ3n) is 3.03. The van der Waals surface area contributed by atoms with Gasteiger partial charge in [-0.15, -0.1) is 0 Å². The van der Waals surface area contributed by atoms with E-state index in [1.165, 1.54) is 0 Å². The minimum Gasteiger partial charge on any atom is -0.481 e. The van der Waals surface area contributed by atoms with Crippen molar-refractivity contribution in [1.82, 2.24) is 4.90 Å². The molecular formula is C15H20BrNO3. The summed E-state index contributed by atoms with van der Waals surface area (Å²) in [6, 6.07) is 5.53. The predicted molar refractivity (Wildman–Crippen MR) is 81.9 cm³/mol. The van der Waals surface area contributed by atoms with Crippen molar-refractivity contribution in [2.24, 2.45) is 0 Å². The van der Waals surface area contributed by atoms with Crippen molar-refractivity contribution in [2.75, 3.05) is 6.54 Å². The van der Waals surface area contributed by atoms with Gasteiger partial charge in [0.2, 0.25) is 0 Å². The van der Waals surface area contributed by atoms with E-state index in [2.05, 4.69) is 15.9 Å². The SMILES string of the molecule is Cc1ccc(Br)cc1C(=O)N(CCC(=O)O)C(C)(C)C. The molecule has 5 heteroatoms. The minimum atomic E-state index is -0.905. The molecule has 1 N–H and O–H groups in total. The highest BCUT2D eigenvalue weighted by Crippen LogP contribution is 2.22. The van der Waals surface area contributed by atoms with E-state index >= 15 is 0 Å². The van der Waals surface area contributed by atoms with Crippen molar-refractivity contribution in [3.8, 4) is 0 Å². The maximum absolute atomic E-state index is 12.7. The Labute approximate surface area is 127 Å². The average Bonchev–Trinajstić information content (AvgIpc) is 2.30. The van der Waals surface area contributed by atoms with Crippen LogP contribution in [0.3, 0.4) is 0 Å². The maximum Gasteiger partial charge on any atom is 0.305 e. The molecule has 20 heavy (non-hydrogen) atoms. The van der Waals surface area contributed by atoms with Crippen LogP contribution in [-0.4, -0.2) is 34.0 Å². The summed E-state index contributed by atoms with van der Waals surface area (Å²) < 4.78 is 0.832. The fourth-order valence-corrected chi connectivity index (χ4v) is 2.28. The standard InChI is InChI=1S/C15H20BrNO3/c1-10-5-6-11(16)9-12(10)14(20)17(15(2,3)4)8-7-13(18)19/h5-6,9H,7-8H2,1-4H3,(H,18,19). The maximum atomic E-state index is 12.7. The van der Waals surface area contributed by atoms with Crippen LogP contribution in [0, 0.1) is 6.92 Å². The second-order valence-electron chi connectivity index (χ2n) is 5.73. The number of aryl methyl sites for hydroxylation is 1. The second-order valence-corrected chi connectivity index (χ2v) is 6.65. The van der Waals surface area contributed by atoms with E-state index in [0.29, 0.717) is 5.56 Å². The van der Waals surface area contributed by atoms with Gasteiger partial charge in [-0.3, -0.25) is 9.59 Å². The Morgan fingerprint density at radius 3 is 2.40 bits per heavy atom. The molecule has 0 atom stereocenters. The molecule has 0 aliphatic carbocycles. The van der Waals surface area contributed by atoms with Crippen LogP contribution in [0.5, 0.6) is 0 Å². The van der Waals surface area contributed by atoms with Crippen molar-refractivity contribution < 1.29 is 14.7 Å². The molecule has 1 aromatic carbocycles. The summed E-state index contributed by atoms with van der Waals surface area (Å²) in [6.07, 6.45) is -0.0595. The third kappa shape index (κ3) is 4.34. The number of hydrogen-bond donors (Lipinski definition) is 1. The molecule has 0 bridgehead atoms. The first-order valence-electron chi connectivity index (χ1n) is 6.43. The van der Waals surface area contributed by atoms with Gasteiger partial charge < -0.3 is 10.0 Å². The molecule has 0 heterocycles. The number of benzene rings is 1. The molecule has 0 radical (unpaired) electrons. The van der Waals surface area contributed by atoms with E-state index in [9.17, 15) is 9.59 Å². The van der Waals surface area contributed by atoms with Gasteiger partial charge in [-0.05, 0) is 45.4 Å². The third-order valence-corrected chi connectivity index (χ3v) is 3.53. The van der Waals surface area contributed by atoms with Crippen molar-refractivity contribution in [3.05, 3.63) is 33.8 Å². The Morgan fingerprint density at radius 1 is 1.30 bits per heavy atom. The quantitative estimate of drug-likeness (QED) is 0.911. The number of carboxylic acids is 1. The van der Waals surface area contributed by atoms with E-state index < -0.39 is 11.5 Å². The number of nitrogens with zero attached hydrogens (tertiary/aromatic N) is 1. The van der Waals surface area contributed by atoms with Crippen LogP contribution in [-0.2, 0) is 4.79 Å². The van der Waals surface area contributed by atoms with Gasteiger partial charge in [-0.25, -0.2) is 0 Å². The predicted octanol–water partition coefficient (Wildman–Crippen LogP) is 3.47. The smallest absolute Gasteiger partial charge is 0.305 e. The van der Waals surface area contributed by atoms with Gasteiger partial charge in [0.15, 0.2) is 0 Å². The summed E-state index contributed by atoms with van der Waals surface area (Å²) in [5.74, 6) is -1.05. The molecule has 110 valence electrons. The molecule has 1 rings (SSSR count). The van der Waals surface area contributed by atoms with Gasteiger partial charge in [0, 0.05) is 22.1 Å². The van der Waals surface area contributed by atoms with E-state index in [1.807, 2.05) is 39.8 Å². The molecule has 0 spiro atoms. The van der Waals surface area contributed by atoms with Crippen LogP contribution in [0.15, 0.2) is 22.7 Å². The van der Waals surface area contributed by atoms with Crippen molar-refractivity contribution >= 4 is 27.8 Å². The van der Waals surface area contributed by atoms with Gasteiger partial charge >= 0.3 is 5.97 Å². The molecule has 0 aliphatic rings. The Bertz CT molecular complexity index is 520. The molecule has 1 amide bonds. The molecule has 0 saturated heterocycles. The number of halogens is 1. The lowest BCUT2D eigenvalue weighted by atomic mass is 10.0. The molecule has 0 aromatic heterocycles. The number of hydrogen-bond acceptors (Lipinski definition) is 2. The van der Waals surface area contributed by atoms with E-state index in [-0.39, 0.29) is 18.9 Å². The topological polar surface area (TPSA) is 57.6 Å². The van der Waals surface area contributed by atoms with Crippen LogP contribution in [0.4, 0.5) is 0 Å². The normalized spacial score (nSPS) is 11.2. The van der Waals surface area contributed by atoms with Gasteiger partial charge in [0.1, 0.15) is 0 Å². The van der Waals surface area contributed by atoms with Crippen LogP contribution < -0.4 is 0 Å². The molecule has 0 unspecified atom stereocenters. The zero-order chi connectivity index (χ0) is 15.5. The number of carbonyl (C=O) groups is 2. The Hall–Kier alpha value is -1.36. The molecule has 0 fully saturated rings. The van der Waals surface area contributed by atoms with Gasteiger partial charge in [0.05, 0.1) is 6.42 Å². The Kier molecular flexibility index (Phi) is 5.34. The lowest BCUT2D eigenvalue weighted by Gasteiger charge is -2.36. The summed E-state index contributed by atoms with van der Waals surface area (Å²) in [5, 5.41) is 8.83. The second kappa shape index (κ2) is 6.39. The highest BCUT2D eigenvalue weighted by Gasteiger charge is 2.28. The van der Waals surface area contributed by atoms with Crippen LogP contribution in [0.25, 0.3) is 0 Å². The number of rotatable bonds is 4. The number of carbonyl (C=O) groups excluding carboxylic acids is 1. The summed E-state index contributed by atoms with van der Waals surface area (Å²) >= 11 is 3.36. The summed E-state index contributed by atoms with van der Waals surface area (Å²) in [6.45, 7) is 7.78. The first kappa shape index (κ1) is 16.7. The van der Waals surface area contributed by atoms with Crippen molar-refractivity contribution in [3.63, 3.8) is 0 Å². The largest absolute Gasteiger partial charge is 0.481 e. The molecule has 0 aliphatic heterocycles. The van der Waals surface area contributed by atoms with Crippen LogP contribution >= 0.6 is 15.9 Å². The molecule has 4 nitrogen and oxygen atoms in total. The average molecular weight is 342 g/mol. The summed E-state index contributed by atoms with van der Waals surface area (Å²) in [7, 11) is 0. The first-order chi connectivity index (χ1) is 9.12. The first-order valence-corrected chi connectivity index (χ1v) is 7.22. The lowest BCUT2D eigenvalue weighted by Crippen LogP contribution is -2.46. The number of amides is 1. The molecule has 0 saturated carbocycles. The van der Waals surface area contributed by atoms with Crippen LogP contribution in [0.1, 0.15) is 43.1 Å². The number of aliphatic carboxylic acids is 1. The van der Waals surface area contributed by atoms with E-state index in [4.69, 9.17) is 5.11 Å².